The van der Waals surface area contributed by atoms with Crippen molar-refractivity contribution in [1.29, 1.82) is 0 Å². The van der Waals surface area contributed by atoms with Crippen molar-refractivity contribution >= 4 is 5.97 Å². The minimum Gasteiger partial charge on any atom is -0.480 e. The Bertz CT molecular complexity index is 502. The van der Waals surface area contributed by atoms with Crippen LogP contribution in [-0.2, 0) is 28.5 Å². The molecule has 2 fully saturated rings. The number of hydrogen-bond acceptors (Lipinski definition) is 12. The summed E-state index contributed by atoms with van der Waals surface area (Å²) in [6.45, 7) is -2.11. The maximum absolute atomic E-state index is 10.8. The molecule has 2 rings (SSSR count). The van der Waals surface area contributed by atoms with Crippen molar-refractivity contribution < 1.29 is 64.2 Å². The average Bonchev–Trinajstić information content (AvgIpc) is 2.68. The summed E-state index contributed by atoms with van der Waals surface area (Å²) in [6, 6.07) is 0. The summed E-state index contributed by atoms with van der Waals surface area (Å²) in [5.74, 6) is -1.31. The Balaban J connectivity index is 2.17. The van der Waals surface area contributed by atoms with E-state index in [1.807, 2.05) is 0 Å². The molecule has 0 aromatic heterocycles. The van der Waals surface area contributed by atoms with Crippen LogP contribution in [0.2, 0.25) is 0 Å². The molecule has 2 aliphatic heterocycles. The molecule has 0 saturated carbocycles. The molecule has 0 bridgehead atoms. The SMILES string of the molecule is CO[C@@H]1O[C@H](CO)[C@H](O[C@H]2O[C@H](CO)[C@H](O)[C@H](O)[C@H]2O)[C@H](O)[C@H]1OCC(=O)O. The number of aliphatic hydroxyl groups excluding tert-OH is 6. The van der Waals surface area contributed by atoms with Crippen LogP contribution in [0.5, 0.6) is 0 Å². The third kappa shape index (κ3) is 4.95. The van der Waals surface area contributed by atoms with Gasteiger partial charge in [0.15, 0.2) is 12.6 Å². The van der Waals surface area contributed by atoms with E-state index >= 15 is 0 Å². The van der Waals surface area contributed by atoms with Crippen LogP contribution in [-0.4, -0.2) is 130 Å². The van der Waals surface area contributed by atoms with Gasteiger partial charge in [-0.25, -0.2) is 4.79 Å². The lowest BCUT2D eigenvalue weighted by Crippen LogP contribution is -2.65. The summed E-state index contributed by atoms with van der Waals surface area (Å²) in [5, 5.41) is 67.9. The van der Waals surface area contributed by atoms with Gasteiger partial charge in [0.05, 0.1) is 13.2 Å². The Hall–Kier alpha value is -0.970. The molecule has 0 radical (unpaired) electrons. The maximum Gasteiger partial charge on any atom is 0.329 e. The lowest BCUT2D eigenvalue weighted by Gasteiger charge is -2.46. The van der Waals surface area contributed by atoms with Gasteiger partial charge in [-0.05, 0) is 0 Å². The summed E-state index contributed by atoms with van der Waals surface area (Å²) < 4.78 is 26.2. The molecule has 2 aliphatic rings. The van der Waals surface area contributed by atoms with Crippen LogP contribution in [0.3, 0.4) is 0 Å². The number of carbonyl (C=O) groups is 1. The molecule has 0 amide bonds. The molecule has 0 aromatic carbocycles. The van der Waals surface area contributed by atoms with Crippen molar-refractivity contribution in [3.05, 3.63) is 0 Å². The normalized spacial score (nSPS) is 44.4. The van der Waals surface area contributed by atoms with Crippen LogP contribution in [0, 0.1) is 0 Å². The highest BCUT2D eigenvalue weighted by atomic mass is 16.7. The molecule has 13 nitrogen and oxygen atoms in total. The van der Waals surface area contributed by atoms with Gasteiger partial charge in [0.1, 0.15) is 55.4 Å². The van der Waals surface area contributed by atoms with E-state index in [-0.39, 0.29) is 0 Å². The summed E-state index contributed by atoms with van der Waals surface area (Å²) >= 11 is 0. The van der Waals surface area contributed by atoms with Gasteiger partial charge in [-0.15, -0.1) is 0 Å². The Kier molecular flexibility index (Phi) is 8.47. The summed E-state index contributed by atoms with van der Waals surface area (Å²) in [4.78, 5) is 10.8. The molecule has 0 unspecified atom stereocenters. The highest BCUT2D eigenvalue weighted by Gasteiger charge is 2.51. The molecule has 0 spiro atoms. The first kappa shape index (κ1) is 23.3. The zero-order chi connectivity index (χ0) is 21.0. The van der Waals surface area contributed by atoms with Crippen LogP contribution in [0.1, 0.15) is 0 Å². The van der Waals surface area contributed by atoms with E-state index in [9.17, 15) is 35.4 Å². The number of ether oxygens (including phenoxy) is 5. The van der Waals surface area contributed by atoms with E-state index in [0.717, 1.165) is 0 Å². The predicted molar refractivity (Wildman–Crippen MR) is 84.8 cm³/mol. The van der Waals surface area contributed by atoms with Gasteiger partial charge in [0.2, 0.25) is 0 Å². The van der Waals surface area contributed by atoms with Crippen molar-refractivity contribution in [2.24, 2.45) is 0 Å². The summed E-state index contributed by atoms with van der Waals surface area (Å²) in [6.07, 6.45) is -14.6. The number of aliphatic hydroxyl groups is 6. The standard InChI is InChI=1S/C15H26O13/c1-24-15-13(25-4-7(18)19)11(23)12(6(3-17)27-15)28-14-10(22)9(21)8(20)5(2-16)26-14/h5-6,8-17,20-23H,2-4H2,1H3,(H,18,19)/t5-,6-,8+,9+,10-,11+,12+,13-,14-,15-/m1/s1. The minimum absolute atomic E-state index is 0.648. The van der Waals surface area contributed by atoms with Gasteiger partial charge in [-0.2, -0.15) is 0 Å². The lowest BCUT2D eigenvalue weighted by atomic mass is 9.97. The second kappa shape index (κ2) is 10.2. The van der Waals surface area contributed by atoms with Gasteiger partial charge >= 0.3 is 5.97 Å². The van der Waals surface area contributed by atoms with Crippen LogP contribution in [0.15, 0.2) is 0 Å². The number of methoxy groups -OCH3 is 1. The molecule has 10 atom stereocenters. The molecule has 0 aliphatic carbocycles. The number of hydrogen-bond donors (Lipinski definition) is 7. The molecule has 2 heterocycles. The summed E-state index contributed by atoms with van der Waals surface area (Å²) in [5.41, 5.74) is 0. The van der Waals surface area contributed by atoms with E-state index < -0.39 is 87.2 Å². The van der Waals surface area contributed by atoms with Crippen molar-refractivity contribution in [3.63, 3.8) is 0 Å². The largest absolute Gasteiger partial charge is 0.480 e. The third-order valence-corrected chi connectivity index (χ3v) is 4.57. The first-order valence-corrected chi connectivity index (χ1v) is 8.51. The maximum atomic E-state index is 10.8. The molecule has 2 saturated heterocycles. The molecule has 7 N–H and O–H groups in total. The van der Waals surface area contributed by atoms with Crippen molar-refractivity contribution in [3.8, 4) is 0 Å². The van der Waals surface area contributed by atoms with Gasteiger partial charge in [0, 0.05) is 7.11 Å². The zero-order valence-electron chi connectivity index (χ0n) is 15.0. The number of carboxylic acids is 1. The molecular formula is C15H26O13. The van der Waals surface area contributed by atoms with Crippen LogP contribution in [0.25, 0.3) is 0 Å². The monoisotopic (exact) mass is 414 g/mol. The fourth-order valence-electron chi connectivity index (χ4n) is 3.08. The topological polar surface area (TPSA) is 205 Å². The number of rotatable bonds is 8. The number of carboxylic acid groups (broad SMARTS) is 1. The van der Waals surface area contributed by atoms with Crippen LogP contribution in [0.4, 0.5) is 0 Å². The Morgan fingerprint density at radius 2 is 1.46 bits per heavy atom. The molecular weight excluding hydrogens is 388 g/mol. The average molecular weight is 414 g/mol. The molecule has 13 heteroatoms. The van der Waals surface area contributed by atoms with Gasteiger partial charge in [-0.1, -0.05) is 0 Å². The smallest absolute Gasteiger partial charge is 0.329 e. The zero-order valence-corrected chi connectivity index (χ0v) is 15.0. The predicted octanol–water partition coefficient (Wildman–Crippen LogP) is -4.63. The van der Waals surface area contributed by atoms with E-state index in [4.69, 9.17) is 28.8 Å². The van der Waals surface area contributed by atoms with Crippen LogP contribution >= 0.6 is 0 Å². The van der Waals surface area contributed by atoms with E-state index in [1.165, 1.54) is 7.11 Å². The van der Waals surface area contributed by atoms with Gasteiger partial charge < -0.3 is 59.4 Å². The number of aliphatic carboxylic acids is 1. The third-order valence-electron chi connectivity index (χ3n) is 4.57. The molecule has 0 aromatic rings. The Morgan fingerprint density at radius 3 is 2.00 bits per heavy atom. The van der Waals surface area contributed by atoms with E-state index in [2.05, 4.69) is 0 Å². The van der Waals surface area contributed by atoms with E-state index in [0.29, 0.717) is 0 Å². The highest BCUT2D eigenvalue weighted by molar-refractivity contribution is 5.68. The first-order valence-electron chi connectivity index (χ1n) is 8.51. The van der Waals surface area contributed by atoms with Gasteiger partial charge in [-0.3, -0.25) is 0 Å². The fourth-order valence-corrected chi connectivity index (χ4v) is 3.08. The van der Waals surface area contributed by atoms with E-state index in [1.54, 1.807) is 0 Å². The first-order chi connectivity index (χ1) is 13.2. The van der Waals surface area contributed by atoms with Crippen molar-refractivity contribution in [2.75, 3.05) is 26.9 Å². The van der Waals surface area contributed by atoms with Crippen LogP contribution < -0.4 is 0 Å². The second-order valence-electron chi connectivity index (χ2n) is 6.42. The minimum atomic E-state index is -1.75. The molecule has 28 heavy (non-hydrogen) atoms. The van der Waals surface area contributed by atoms with Crippen molar-refractivity contribution in [1.82, 2.24) is 0 Å². The second-order valence-corrected chi connectivity index (χ2v) is 6.42. The quantitative estimate of drug-likeness (QED) is 0.200. The Labute approximate surface area is 159 Å². The summed E-state index contributed by atoms with van der Waals surface area (Å²) in [7, 11) is 1.22. The van der Waals surface area contributed by atoms with Crippen molar-refractivity contribution in [2.45, 2.75) is 61.4 Å². The lowest BCUT2D eigenvalue weighted by molar-refractivity contribution is -0.360. The fraction of sp³-hybridized carbons (Fsp3) is 0.933. The molecule has 164 valence electrons. The Morgan fingerprint density at radius 1 is 0.857 bits per heavy atom. The van der Waals surface area contributed by atoms with Gasteiger partial charge in [0.25, 0.3) is 0 Å². The highest BCUT2D eigenvalue weighted by Crippen LogP contribution is 2.30.